The van der Waals surface area contributed by atoms with Gasteiger partial charge < -0.3 is 10.2 Å². The number of nitrogens with zero attached hydrogens (tertiary/aromatic N) is 1. The van der Waals surface area contributed by atoms with Crippen molar-refractivity contribution in [1.82, 2.24) is 10.2 Å². The fourth-order valence-corrected chi connectivity index (χ4v) is 3.54. The van der Waals surface area contributed by atoms with Crippen LogP contribution in [-0.2, 0) is 0 Å². The molecule has 2 heteroatoms. The number of rotatable bonds is 5. The molecule has 1 N–H and O–H groups in total. The highest BCUT2D eigenvalue weighted by Crippen LogP contribution is 2.34. The van der Waals surface area contributed by atoms with Crippen LogP contribution in [0.4, 0.5) is 0 Å². The number of likely N-dealkylation sites (tertiary alicyclic amines) is 1. The van der Waals surface area contributed by atoms with Crippen molar-refractivity contribution >= 4 is 0 Å². The largest absolute Gasteiger partial charge is 0.313 e. The summed E-state index contributed by atoms with van der Waals surface area (Å²) in [5.41, 5.74) is 1.63. The molecule has 0 saturated carbocycles. The molecule has 1 atom stereocenters. The molecule has 1 fully saturated rings. The van der Waals surface area contributed by atoms with Gasteiger partial charge in [0.15, 0.2) is 0 Å². The minimum Gasteiger partial charge on any atom is -0.313 e. The summed E-state index contributed by atoms with van der Waals surface area (Å²) in [4.78, 5) is 2.65. The van der Waals surface area contributed by atoms with E-state index < -0.39 is 0 Å². The Hall–Kier alpha value is -0.860. The lowest BCUT2D eigenvalue weighted by Gasteiger charge is -2.41. The van der Waals surface area contributed by atoms with Gasteiger partial charge in [0.05, 0.1) is 0 Å². The molecule has 0 bridgehead atoms. The van der Waals surface area contributed by atoms with Crippen LogP contribution in [0.15, 0.2) is 30.3 Å². The molecule has 20 heavy (non-hydrogen) atoms. The van der Waals surface area contributed by atoms with Crippen molar-refractivity contribution in [2.24, 2.45) is 11.3 Å². The van der Waals surface area contributed by atoms with E-state index in [2.05, 4.69) is 68.4 Å². The SMILES string of the molecule is CNC(c1ccccc1)C(C)(C)CN1CCC(C)CC1. The van der Waals surface area contributed by atoms with E-state index in [9.17, 15) is 0 Å². The maximum Gasteiger partial charge on any atom is 0.0381 e. The number of nitrogens with one attached hydrogen (secondary N) is 1. The Balaban J connectivity index is 2.04. The van der Waals surface area contributed by atoms with E-state index in [4.69, 9.17) is 0 Å². The lowest BCUT2D eigenvalue weighted by atomic mass is 9.79. The second kappa shape index (κ2) is 6.73. The average molecular weight is 274 g/mol. The summed E-state index contributed by atoms with van der Waals surface area (Å²) in [7, 11) is 2.08. The third-order valence-corrected chi connectivity index (χ3v) is 4.71. The van der Waals surface area contributed by atoms with Crippen LogP contribution < -0.4 is 5.32 Å². The maximum absolute atomic E-state index is 3.53. The zero-order chi connectivity index (χ0) is 14.6. The molecule has 0 aliphatic carbocycles. The number of hydrogen-bond acceptors (Lipinski definition) is 2. The van der Waals surface area contributed by atoms with Crippen LogP contribution >= 0.6 is 0 Å². The Morgan fingerprint density at radius 1 is 1.20 bits per heavy atom. The first-order valence-electron chi connectivity index (χ1n) is 7.97. The van der Waals surface area contributed by atoms with Crippen LogP contribution in [0, 0.1) is 11.3 Å². The first-order valence-corrected chi connectivity index (χ1v) is 7.97. The Kier molecular flexibility index (Phi) is 5.22. The molecule has 0 spiro atoms. The van der Waals surface area contributed by atoms with Gasteiger partial charge in [0.1, 0.15) is 0 Å². The Labute approximate surface area is 124 Å². The molecule has 1 aliphatic heterocycles. The van der Waals surface area contributed by atoms with Crippen molar-refractivity contribution < 1.29 is 0 Å². The second-order valence-corrected chi connectivity index (χ2v) is 7.08. The van der Waals surface area contributed by atoms with Crippen molar-refractivity contribution in [2.75, 3.05) is 26.7 Å². The van der Waals surface area contributed by atoms with Gasteiger partial charge in [0, 0.05) is 12.6 Å². The van der Waals surface area contributed by atoms with E-state index in [-0.39, 0.29) is 5.41 Å². The molecule has 1 aromatic carbocycles. The zero-order valence-electron chi connectivity index (χ0n) is 13.5. The summed E-state index contributed by atoms with van der Waals surface area (Å²) in [5, 5.41) is 3.53. The molecule has 0 radical (unpaired) electrons. The zero-order valence-corrected chi connectivity index (χ0v) is 13.5. The van der Waals surface area contributed by atoms with E-state index >= 15 is 0 Å². The highest BCUT2D eigenvalue weighted by atomic mass is 15.1. The summed E-state index contributed by atoms with van der Waals surface area (Å²) >= 11 is 0. The van der Waals surface area contributed by atoms with E-state index in [1.54, 1.807) is 0 Å². The first kappa shape index (κ1) is 15.5. The second-order valence-electron chi connectivity index (χ2n) is 7.08. The molecule has 1 aliphatic rings. The van der Waals surface area contributed by atoms with Crippen LogP contribution in [0.25, 0.3) is 0 Å². The molecule has 2 nitrogen and oxygen atoms in total. The predicted molar refractivity (Wildman–Crippen MR) is 86.9 cm³/mol. The third kappa shape index (κ3) is 3.83. The summed E-state index contributed by atoms with van der Waals surface area (Å²) in [6.07, 6.45) is 2.71. The molecular weight excluding hydrogens is 244 g/mol. The Morgan fingerprint density at radius 2 is 1.80 bits per heavy atom. The van der Waals surface area contributed by atoms with Gasteiger partial charge in [-0.15, -0.1) is 0 Å². The molecule has 1 saturated heterocycles. The summed E-state index contributed by atoms with van der Waals surface area (Å²) < 4.78 is 0. The van der Waals surface area contributed by atoms with E-state index in [0.717, 1.165) is 5.92 Å². The standard InChI is InChI=1S/C18H30N2/c1-15-10-12-20(13-11-15)14-18(2,3)17(19-4)16-8-6-5-7-9-16/h5-9,15,17,19H,10-14H2,1-4H3. The van der Waals surface area contributed by atoms with Gasteiger partial charge in [-0.25, -0.2) is 0 Å². The van der Waals surface area contributed by atoms with Gasteiger partial charge >= 0.3 is 0 Å². The number of benzene rings is 1. The van der Waals surface area contributed by atoms with Gasteiger partial charge in [-0.05, 0) is 49.9 Å². The molecule has 0 amide bonds. The van der Waals surface area contributed by atoms with Gasteiger partial charge in [0.2, 0.25) is 0 Å². The number of hydrogen-bond donors (Lipinski definition) is 1. The van der Waals surface area contributed by atoms with Crippen molar-refractivity contribution in [3.63, 3.8) is 0 Å². The van der Waals surface area contributed by atoms with Gasteiger partial charge in [-0.1, -0.05) is 51.1 Å². The van der Waals surface area contributed by atoms with E-state index in [1.807, 2.05) is 0 Å². The van der Waals surface area contributed by atoms with Crippen LogP contribution in [-0.4, -0.2) is 31.6 Å². The average Bonchev–Trinajstić information content (AvgIpc) is 2.43. The van der Waals surface area contributed by atoms with E-state index in [1.165, 1.54) is 38.0 Å². The predicted octanol–water partition coefficient (Wildman–Crippen LogP) is 3.71. The summed E-state index contributed by atoms with van der Waals surface area (Å²) in [6.45, 7) is 10.8. The monoisotopic (exact) mass is 274 g/mol. The topological polar surface area (TPSA) is 15.3 Å². The minimum atomic E-state index is 0.233. The molecule has 2 rings (SSSR count). The fraction of sp³-hybridized carbons (Fsp3) is 0.667. The minimum absolute atomic E-state index is 0.233. The van der Waals surface area contributed by atoms with Crippen LogP contribution in [0.2, 0.25) is 0 Å². The molecule has 1 unspecified atom stereocenters. The quantitative estimate of drug-likeness (QED) is 0.880. The van der Waals surface area contributed by atoms with Gasteiger partial charge in [-0.2, -0.15) is 0 Å². The summed E-state index contributed by atoms with van der Waals surface area (Å²) in [5.74, 6) is 0.906. The first-order chi connectivity index (χ1) is 9.53. The molecule has 1 heterocycles. The van der Waals surface area contributed by atoms with Gasteiger partial charge in [0.25, 0.3) is 0 Å². The van der Waals surface area contributed by atoms with Crippen molar-refractivity contribution in [1.29, 1.82) is 0 Å². The molecule has 1 aromatic rings. The fourth-order valence-electron chi connectivity index (χ4n) is 3.54. The highest BCUT2D eigenvalue weighted by Gasteiger charge is 2.32. The molecule has 112 valence electrons. The summed E-state index contributed by atoms with van der Waals surface area (Å²) in [6, 6.07) is 11.2. The third-order valence-electron chi connectivity index (χ3n) is 4.71. The van der Waals surface area contributed by atoms with Crippen LogP contribution in [0.1, 0.15) is 45.2 Å². The van der Waals surface area contributed by atoms with E-state index in [0.29, 0.717) is 6.04 Å². The lowest BCUT2D eigenvalue weighted by molar-refractivity contribution is 0.108. The smallest absolute Gasteiger partial charge is 0.0381 e. The lowest BCUT2D eigenvalue weighted by Crippen LogP contribution is -2.44. The molecular formula is C18H30N2. The normalized spacial score (nSPS) is 20.0. The van der Waals surface area contributed by atoms with Crippen molar-refractivity contribution in [3.8, 4) is 0 Å². The van der Waals surface area contributed by atoms with Crippen molar-refractivity contribution in [2.45, 2.75) is 39.7 Å². The number of piperidine rings is 1. The Bertz CT molecular complexity index is 391. The van der Waals surface area contributed by atoms with Crippen LogP contribution in [0.3, 0.4) is 0 Å². The highest BCUT2D eigenvalue weighted by molar-refractivity contribution is 5.21. The maximum atomic E-state index is 3.53. The molecule has 0 aromatic heterocycles. The Morgan fingerprint density at radius 3 is 2.35 bits per heavy atom. The van der Waals surface area contributed by atoms with Crippen molar-refractivity contribution in [3.05, 3.63) is 35.9 Å². The van der Waals surface area contributed by atoms with Crippen LogP contribution in [0.5, 0.6) is 0 Å². The van der Waals surface area contributed by atoms with Gasteiger partial charge in [-0.3, -0.25) is 0 Å².